The van der Waals surface area contributed by atoms with Gasteiger partial charge in [0.1, 0.15) is 5.69 Å². The molecule has 0 radical (unpaired) electrons. The number of piperazine rings is 1. The Morgan fingerprint density at radius 3 is 2.95 bits per heavy atom. The maximum Gasteiger partial charge on any atom is 0.270 e. The van der Waals surface area contributed by atoms with Crippen LogP contribution in [-0.2, 0) is 4.79 Å². The number of carbonyl (C=O) groups excluding carboxylic acids is 2. The number of H-pyrrole nitrogens is 1. The molecule has 0 unspecified atom stereocenters. The molecule has 6 heteroatoms. The topological polar surface area (TPSA) is 65.2 Å². The Balaban J connectivity index is 1.90. The summed E-state index contributed by atoms with van der Waals surface area (Å²) in [6, 6.07) is 7.16. The number of amides is 2. The number of halogens is 1. The fourth-order valence-corrected chi connectivity index (χ4v) is 2.38. The van der Waals surface area contributed by atoms with Gasteiger partial charge in [-0.15, -0.1) is 0 Å². The molecule has 2 heterocycles. The SMILES string of the molecule is O=C1CN(C(=O)c2cc3cc(Cl)ccc3[nH]2)CCN1. The molecule has 0 saturated carbocycles. The Hall–Kier alpha value is -2.01. The lowest BCUT2D eigenvalue weighted by Crippen LogP contribution is -2.50. The molecule has 1 aromatic carbocycles. The predicted molar refractivity (Wildman–Crippen MR) is 72.2 cm³/mol. The lowest BCUT2D eigenvalue weighted by molar-refractivity contribution is -0.123. The molecule has 3 rings (SSSR count). The zero-order valence-electron chi connectivity index (χ0n) is 10.1. The van der Waals surface area contributed by atoms with E-state index in [1.165, 1.54) is 4.90 Å². The highest BCUT2D eigenvalue weighted by molar-refractivity contribution is 6.31. The first-order chi connectivity index (χ1) is 9.13. The summed E-state index contributed by atoms with van der Waals surface area (Å²) in [5, 5.41) is 4.21. The normalized spacial score (nSPS) is 15.6. The number of aromatic amines is 1. The van der Waals surface area contributed by atoms with E-state index in [9.17, 15) is 9.59 Å². The molecule has 1 aliphatic heterocycles. The number of nitrogens with zero attached hydrogens (tertiary/aromatic N) is 1. The Morgan fingerprint density at radius 2 is 2.16 bits per heavy atom. The summed E-state index contributed by atoms with van der Waals surface area (Å²) in [4.78, 5) is 28.2. The summed E-state index contributed by atoms with van der Waals surface area (Å²) < 4.78 is 0. The van der Waals surface area contributed by atoms with Gasteiger partial charge in [-0.2, -0.15) is 0 Å². The maximum absolute atomic E-state index is 12.3. The molecule has 2 N–H and O–H groups in total. The van der Waals surface area contributed by atoms with Crippen LogP contribution >= 0.6 is 11.6 Å². The molecule has 1 saturated heterocycles. The standard InChI is InChI=1S/C13H12ClN3O2/c14-9-1-2-10-8(5-9)6-11(16-10)13(19)17-4-3-15-12(18)7-17/h1-2,5-6,16H,3-4,7H2,(H,15,18). The lowest BCUT2D eigenvalue weighted by atomic mass is 10.2. The van der Waals surface area contributed by atoms with E-state index in [4.69, 9.17) is 11.6 Å². The van der Waals surface area contributed by atoms with Crippen LogP contribution in [0.4, 0.5) is 0 Å². The average molecular weight is 278 g/mol. The summed E-state index contributed by atoms with van der Waals surface area (Å²) in [7, 11) is 0. The van der Waals surface area contributed by atoms with Crippen molar-refractivity contribution in [2.45, 2.75) is 0 Å². The van der Waals surface area contributed by atoms with Crippen LogP contribution in [-0.4, -0.2) is 41.3 Å². The van der Waals surface area contributed by atoms with E-state index in [0.29, 0.717) is 23.8 Å². The van der Waals surface area contributed by atoms with Gasteiger partial charge in [0.15, 0.2) is 0 Å². The average Bonchev–Trinajstić information content (AvgIpc) is 2.80. The van der Waals surface area contributed by atoms with Gasteiger partial charge in [0.25, 0.3) is 5.91 Å². The molecule has 2 amide bonds. The smallest absolute Gasteiger partial charge is 0.270 e. The van der Waals surface area contributed by atoms with Crippen molar-refractivity contribution >= 4 is 34.3 Å². The number of hydrogen-bond donors (Lipinski definition) is 2. The van der Waals surface area contributed by atoms with Crippen LogP contribution < -0.4 is 5.32 Å². The van der Waals surface area contributed by atoms with Crippen LogP contribution in [0.25, 0.3) is 10.9 Å². The number of carbonyl (C=O) groups is 2. The number of hydrogen-bond acceptors (Lipinski definition) is 2. The summed E-state index contributed by atoms with van der Waals surface area (Å²) in [5.74, 6) is -0.291. The van der Waals surface area contributed by atoms with E-state index in [-0.39, 0.29) is 18.4 Å². The number of rotatable bonds is 1. The third kappa shape index (κ3) is 2.29. The molecule has 1 fully saturated rings. The molecule has 2 aromatic rings. The van der Waals surface area contributed by atoms with Gasteiger partial charge in [0, 0.05) is 29.0 Å². The van der Waals surface area contributed by atoms with Crippen molar-refractivity contribution in [3.05, 3.63) is 35.0 Å². The highest BCUT2D eigenvalue weighted by Crippen LogP contribution is 2.20. The van der Waals surface area contributed by atoms with Gasteiger partial charge in [-0.1, -0.05) is 11.6 Å². The second-order valence-electron chi connectivity index (χ2n) is 4.49. The second kappa shape index (κ2) is 4.59. The number of benzene rings is 1. The minimum atomic E-state index is -0.165. The Bertz CT molecular complexity index is 665. The summed E-state index contributed by atoms with van der Waals surface area (Å²) in [6.07, 6.45) is 0. The lowest BCUT2D eigenvalue weighted by Gasteiger charge is -2.26. The molecule has 19 heavy (non-hydrogen) atoms. The molecule has 0 atom stereocenters. The van der Waals surface area contributed by atoms with Crippen LogP contribution in [0.3, 0.4) is 0 Å². The fourth-order valence-electron chi connectivity index (χ4n) is 2.20. The Morgan fingerprint density at radius 1 is 1.32 bits per heavy atom. The highest BCUT2D eigenvalue weighted by Gasteiger charge is 2.23. The summed E-state index contributed by atoms with van der Waals surface area (Å²) in [5.41, 5.74) is 1.33. The van der Waals surface area contributed by atoms with Crippen LogP contribution in [0.2, 0.25) is 5.02 Å². The zero-order chi connectivity index (χ0) is 13.4. The second-order valence-corrected chi connectivity index (χ2v) is 4.93. The van der Waals surface area contributed by atoms with Gasteiger partial charge in [-0.3, -0.25) is 9.59 Å². The quantitative estimate of drug-likeness (QED) is 0.827. The van der Waals surface area contributed by atoms with Crippen LogP contribution in [0.15, 0.2) is 24.3 Å². The van der Waals surface area contributed by atoms with Crippen molar-refractivity contribution in [3.8, 4) is 0 Å². The van der Waals surface area contributed by atoms with E-state index < -0.39 is 0 Å². The third-order valence-corrected chi connectivity index (χ3v) is 3.37. The van der Waals surface area contributed by atoms with E-state index >= 15 is 0 Å². The van der Waals surface area contributed by atoms with Gasteiger partial charge in [0.05, 0.1) is 6.54 Å². The maximum atomic E-state index is 12.3. The van der Waals surface area contributed by atoms with Gasteiger partial charge in [-0.05, 0) is 24.3 Å². The first-order valence-electron chi connectivity index (χ1n) is 5.98. The number of nitrogens with one attached hydrogen (secondary N) is 2. The summed E-state index contributed by atoms with van der Waals surface area (Å²) >= 11 is 5.91. The first-order valence-corrected chi connectivity index (χ1v) is 6.35. The highest BCUT2D eigenvalue weighted by atomic mass is 35.5. The van der Waals surface area contributed by atoms with Crippen molar-refractivity contribution in [1.82, 2.24) is 15.2 Å². The predicted octanol–water partition coefficient (Wildman–Crippen LogP) is 1.39. The molecule has 5 nitrogen and oxygen atoms in total. The molecule has 1 aromatic heterocycles. The summed E-state index contributed by atoms with van der Waals surface area (Å²) in [6.45, 7) is 1.13. The zero-order valence-corrected chi connectivity index (χ0v) is 10.8. The van der Waals surface area contributed by atoms with Gasteiger partial charge in [-0.25, -0.2) is 0 Å². The van der Waals surface area contributed by atoms with E-state index in [1.807, 2.05) is 6.07 Å². The van der Waals surface area contributed by atoms with Crippen molar-refractivity contribution in [1.29, 1.82) is 0 Å². The molecule has 0 bridgehead atoms. The number of aromatic nitrogens is 1. The van der Waals surface area contributed by atoms with Crippen LogP contribution in [0, 0.1) is 0 Å². The van der Waals surface area contributed by atoms with E-state index in [2.05, 4.69) is 10.3 Å². The monoisotopic (exact) mass is 277 g/mol. The van der Waals surface area contributed by atoms with Crippen molar-refractivity contribution < 1.29 is 9.59 Å². The van der Waals surface area contributed by atoms with E-state index in [1.54, 1.807) is 18.2 Å². The number of fused-ring (bicyclic) bond motifs is 1. The minimum absolute atomic E-state index is 0.106. The molecule has 1 aliphatic rings. The third-order valence-electron chi connectivity index (χ3n) is 3.14. The minimum Gasteiger partial charge on any atom is -0.353 e. The van der Waals surface area contributed by atoms with Crippen molar-refractivity contribution in [3.63, 3.8) is 0 Å². The Labute approximate surface area is 114 Å². The Kier molecular flexibility index (Phi) is 2.91. The molecular weight excluding hydrogens is 266 g/mol. The van der Waals surface area contributed by atoms with Crippen molar-refractivity contribution in [2.75, 3.05) is 19.6 Å². The van der Waals surface area contributed by atoms with Crippen LogP contribution in [0.1, 0.15) is 10.5 Å². The fraction of sp³-hybridized carbons (Fsp3) is 0.231. The van der Waals surface area contributed by atoms with Crippen LogP contribution in [0.5, 0.6) is 0 Å². The molecule has 0 spiro atoms. The van der Waals surface area contributed by atoms with Crippen molar-refractivity contribution in [2.24, 2.45) is 0 Å². The molecular formula is C13H12ClN3O2. The molecule has 0 aliphatic carbocycles. The van der Waals surface area contributed by atoms with Gasteiger partial charge >= 0.3 is 0 Å². The molecule has 98 valence electrons. The first kappa shape index (κ1) is 12.0. The largest absolute Gasteiger partial charge is 0.353 e. The van der Waals surface area contributed by atoms with E-state index in [0.717, 1.165) is 10.9 Å². The van der Waals surface area contributed by atoms with Gasteiger partial charge < -0.3 is 15.2 Å². The van der Waals surface area contributed by atoms with Gasteiger partial charge in [0.2, 0.25) is 5.91 Å².